The largest absolute Gasteiger partial charge is 0.411 e. The Labute approximate surface area is 138 Å². The summed E-state index contributed by atoms with van der Waals surface area (Å²) in [5, 5.41) is 22.6. The lowest BCUT2D eigenvalue weighted by molar-refractivity contribution is -0.141. The smallest absolute Gasteiger partial charge is 0.186 e. The quantitative estimate of drug-likeness (QED) is 0.531. The van der Waals surface area contributed by atoms with Crippen molar-refractivity contribution < 1.29 is 15.1 Å². The number of aliphatic hydroxyl groups is 1. The summed E-state index contributed by atoms with van der Waals surface area (Å²) in [6.45, 7) is 4.55. The molecule has 0 radical (unpaired) electrons. The van der Waals surface area contributed by atoms with Gasteiger partial charge in [-0.05, 0) is 74.0 Å². The highest BCUT2D eigenvalue weighted by atomic mass is 16.4. The van der Waals surface area contributed by atoms with E-state index < -0.39 is 0 Å². The molecule has 7 atom stereocenters. The average Bonchev–Trinajstić information content (AvgIpc) is 2.79. The molecular weight excluding hydrogens is 290 g/mol. The number of hydrogen-bond acceptors (Lipinski definition) is 4. The summed E-state index contributed by atoms with van der Waals surface area (Å²) in [4.78, 5) is 12.6. The second-order valence-electron chi connectivity index (χ2n) is 9.12. The van der Waals surface area contributed by atoms with Crippen molar-refractivity contribution in [3.05, 3.63) is 0 Å². The molecule has 4 heteroatoms. The number of carbonyl (C=O) groups is 1. The van der Waals surface area contributed by atoms with E-state index in [1.807, 2.05) is 0 Å². The van der Waals surface area contributed by atoms with Gasteiger partial charge in [-0.3, -0.25) is 4.79 Å². The zero-order valence-corrected chi connectivity index (χ0v) is 14.3. The fraction of sp³-hybridized carbons (Fsp3) is 0.895. The molecule has 0 aromatic heterocycles. The minimum atomic E-state index is -0.305. The molecule has 0 bridgehead atoms. The molecule has 4 saturated carbocycles. The summed E-state index contributed by atoms with van der Waals surface area (Å²) >= 11 is 0. The maximum absolute atomic E-state index is 12.6. The molecular formula is C19H29NO3. The van der Waals surface area contributed by atoms with Gasteiger partial charge in [0.15, 0.2) is 5.78 Å². The Morgan fingerprint density at radius 2 is 1.87 bits per heavy atom. The minimum absolute atomic E-state index is 0.0924. The lowest BCUT2D eigenvalue weighted by Crippen LogP contribution is -2.54. The first-order valence-electron chi connectivity index (χ1n) is 9.34. The van der Waals surface area contributed by atoms with Crippen LogP contribution in [0.25, 0.3) is 0 Å². The number of oxime groups is 1. The van der Waals surface area contributed by atoms with E-state index in [0.29, 0.717) is 41.2 Å². The molecule has 4 nitrogen and oxygen atoms in total. The van der Waals surface area contributed by atoms with Crippen molar-refractivity contribution in [2.24, 2.45) is 39.7 Å². The molecule has 4 rings (SSSR count). The third-order valence-corrected chi connectivity index (χ3v) is 8.34. The van der Waals surface area contributed by atoms with Gasteiger partial charge in [0.1, 0.15) is 5.71 Å². The molecule has 128 valence electrons. The number of rotatable bonds is 0. The minimum Gasteiger partial charge on any atom is -0.411 e. The van der Waals surface area contributed by atoms with E-state index in [2.05, 4.69) is 19.0 Å². The topological polar surface area (TPSA) is 69.9 Å². The zero-order valence-electron chi connectivity index (χ0n) is 14.3. The third kappa shape index (κ3) is 2.00. The Morgan fingerprint density at radius 3 is 2.61 bits per heavy atom. The van der Waals surface area contributed by atoms with Crippen LogP contribution < -0.4 is 0 Å². The van der Waals surface area contributed by atoms with E-state index in [-0.39, 0.29) is 17.3 Å². The second kappa shape index (κ2) is 5.05. The van der Waals surface area contributed by atoms with Crippen molar-refractivity contribution in [2.45, 2.75) is 71.3 Å². The second-order valence-corrected chi connectivity index (χ2v) is 9.12. The maximum atomic E-state index is 12.6. The molecule has 0 spiro atoms. The molecule has 0 aromatic rings. The number of nitrogens with zero attached hydrogens (tertiary/aromatic N) is 1. The highest BCUT2D eigenvalue weighted by Crippen LogP contribution is 2.65. The van der Waals surface area contributed by atoms with Crippen molar-refractivity contribution >= 4 is 11.5 Å². The standard InChI is InChI=1S/C19H29NO3/c1-18-7-5-12(21)9-11(18)3-4-13-14(18)6-8-19(2)15(13)10-16(20-23)17(19)22/h11-15,21,23H,3-10H2,1-2H3/b20-16+. The molecule has 2 N–H and O–H groups in total. The van der Waals surface area contributed by atoms with Gasteiger partial charge >= 0.3 is 0 Å². The first kappa shape index (κ1) is 15.6. The van der Waals surface area contributed by atoms with Gasteiger partial charge in [-0.25, -0.2) is 0 Å². The van der Waals surface area contributed by atoms with Gasteiger partial charge in [0.2, 0.25) is 0 Å². The highest BCUT2D eigenvalue weighted by molar-refractivity contribution is 6.43. The number of hydrogen-bond donors (Lipinski definition) is 2. The molecule has 4 fully saturated rings. The Balaban J connectivity index is 1.66. The van der Waals surface area contributed by atoms with Crippen molar-refractivity contribution in [1.82, 2.24) is 0 Å². The van der Waals surface area contributed by atoms with Gasteiger partial charge in [0.25, 0.3) is 0 Å². The van der Waals surface area contributed by atoms with Crippen LogP contribution in [0.15, 0.2) is 5.16 Å². The molecule has 4 aliphatic rings. The molecule has 0 amide bonds. The number of Topliss-reactive ketones (excluding diaryl/α,β-unsaturated/α-hetero) is 1. The lowest BCUT2D eigenvalue weighted by Gasteiger charge is -2.59. The number of aliphatic hydroxyl groups excluding tert-OH is 1. The van der Waals surface area contributed by atoms with Gasteiger partial charge in [0.05, 0.1) is 6.10 Å². The summed E-state index contributed by atoms with van der Waals surface area (Å²) in [6, 6.07) is 0. The summed E-state index contributed by atoms with van der Waals surface area (Å²) in [5.74, 6) is 2.32. The Kier molecular flexibility index (Phi) is 3.43. The van der Waals surface area contributed by atoms with E-state index in [4.69, 9.17) is 0 Å². The van der Waals surface area contributed by atoms with Crippen LogP contribution in [0.3, 0.4) is 0 Å². The van der Waals surface area contributed by atoms with Crippen molar-refractivity contribution in [2.75, 3.05) is 0 Å². The van der Waals surface area contributed by atoms with Crippen LogP contribution in [0.1, 0.15) is 65.2 Å². The predicted octanol–water partition coefficient (Wildman–Crippen LogP) is 3.40. The first-order chi connectivity index (χ1) is 10.9. The average molecular weight is 319 g/mol. The Hall–Kier alpha value is -0.900. The maximum Gasteiger partial charge on any atom is 0.186 e. The van der Waals surface area contributed by atoms with E-state index in [9.17, 15) is 15.1 Å². The molecule has 0 heterocycles. The molecule has 0 aromatic carbocycles. The molecule has 7 unspecified atom stereocenters. The number of ketones is 1. The summed E-state index contributed by atoms with van der Waals surface area (Å²) < 4.78 is 0. The summed E-state index contributed by atoms with van der Waals surface area (Å²) in [5.41, 5.74) is 0.427. The van der Waals surface area contributed by atoms with Gasteiger partial charge in [-0.2, -0.15) is 0 Å². The zero-order chi connectivity index (χ0) is 16.4. The normalized spacial score (nSPS) is 54.5. The van der Waals surface area contributed by atoms with Crippen LogP contribution in [-0.2, 0) is 4.79 Å². The van der Waals surface area contributed by atoms with E-state index in [1.165, 1.54) is 12.8 Å². The fourth-order valence-electron chi connectivity index (χ4n) is 6.93. The van der Waals surface area contributed by atoms with Gasteiger partial charge in [-0.1, -0.05) is 19.0 Å². The van der Waals surface area contributed by atoms with E-state index in [0.717, 1.165) is 32.1 Å². The first-order valence-corrected chi connectivity index (χ1v) is 9.34. The Morgan fingerprint density at radius 1 is 1.09 bits per heavy atom. The molecule has 4 aliphatic carbocycles. The number of carbonyl (C=O) groups excluding carboxylic acids is 1. The van der Waals surface area contributed by atoms with Gasteiger partial charge < -0.3 is 10.3 Å². The lowest BCUT2D eigenvalue weighted by atomic mass is 9.45. The fourth-order valence-corrected chi connectivity index (χ4v) is 6.93. The van der Waals surface area contributed by atoms with Crippen molar-refractivity contribution in [3.8, 4) is 0 Å². The van der Waals surface area contributed by atoms with Gasteiger partial charge in [-0.15, -0.1) is 0 Å². The van der Waals surface area contributed by atoms with Crippen molar-refractivity contribution in [3.63, 3.8) is 0 Å². The van der Waals surface area contributed by atoms with Gasteiger partial charge in [0, 0.05) is 11.8 Å². The van der Waals surface area contributed by atoms with Crippen LogP contribution >= 0.6 is 0 Å². The SMILES string of the molecule is CC12CCC3C(CCC4CC(O)CCC43C)C1C/C(=N\O)C2=O. The van der Waals surface area contributed by atoms with Crippen LogP contribution in [0, 0.1) is 34.5 Å². The number of fused-ring (bicyclic) bond motifs is 5. The summed E-state index contributed by atoms with van der Waals surface area (Å²) in [6.07, 6.45) is 7.97. The van der Waals surface area contributed by atoms with Crippen LogP contribution in [-0.4, -0.2) is 27.9 Å². The predicted molar refractivity (Wildman–Crippen MR) is 87.3 cm³/mol. The molecule has 0 saturated heterocycles. The Bertz CT molecular complexity index is 559. The molecule has 23 heavy (non-hydrogen) atoms. The van der Waals surface area contributed by atoms with Crippen LogP contribution in [0.5, 0.6) is 0 Å². The van der Waals surface area contributed by atoms with Crippen LogP contribution in [0.2, 0.25) is 0 Å². The van der Waals surface area contributed by atoms with E-state index >= 15 is 0 Å². The van der Waals surface area contributed by atoms with Crippen molar-refractivity contribution in [1.29, 1.82) is 0 Å². The molecule has 0 aliphatic heterocycles. The third-order valence-electron chi connectivity index (χ3n) is 8.34. The highest BCUT2D eigenvalue weighted by Gasteiger charge is 2.61. The van der Waals surface area contributed by atoms with E-state index in [1.54, 1.807) is 0 Å². The monoisotopic (exact) mass is 319 g/mol. The van der Waals surface area contributed by atoms with Crippen LogP contribution in [0.4, 0.5) is 0 Å². The summed E-state index contributed by atoms with van der Waals surface area (Å²) in [7, 11) is 0.